The minimum absolute atomic E-state index is 0.139. The van der Waals surface area contributed by atoms with Gasteiger partial charge in [-0.2, -0.15) is 13.2 Å². The Balaban J connectivity index is 2.05. The van der Waals surface area contributed by atoms with E-state index in [1.807, 2.05) is 7.05 Å². The van der Waals surface area contributed by atoms with Crippen molar-refractivity contribution < 1.29 is 18.0 Å². The standard InChI is InChI=1S/C15H21F3N4O/c1-10-9-12(21-14(20-10)15(16,17)18)13(23)22-7-4-11(5-8-22)3-6-19-2/h9,11,19H,3-8H2,1-2H3. The summed E-state index contributed by atoms with van der Waals surface area (Å²) in [5, 5.41) is 3.10. The van der Waals surface area contributed by atoms with Gasteiger partial charge in [-0.05, 0) is 51.8 Å². The normalized spacial score (nSPS) is 16.7. The first-order chi connectivity index (χ1) is 10.8. The van der Waals surface area contributed by atoms with E-state index in [2.05, 4.69) is 15.3 Å². The van der Waals surface area contributed by atoms with Crippen LogP contribution in [0.5, 0.6) is 0 Å². The fourth-order valence-electron chi connectivity index (χ4n) is 2.74. The molecule has 8 heteroatoms. The molecule has 1 aliphatic rings. The molecular formula is C15H21F3N4O. The predicted octanol–water partition coefficient (Wildman–Crippen LogP) is 2.27. The van der Waals surface area contributed by atoms with Crippen molar-refractivity contribution in [2.75, 3.05) is 26.7 Å². The molecule has 5 nitrogen and oxygen atoms in total. The molecule has 1 aliphatic heterocycles. The second-order valence-corrected chi connectivity index (χ2v) is 5.84. The van der Waals surface area contributed by atoms with Gasteiger partial charge in [0, 0.05) is 18.8 Å². The summed E-state index contributed by atoms with van der Waals surface area (Å²) in [7, 11) is 1.90. The van der Waals surface area contributed by atoms with Crippen LogP contribution >= 0.6 is 0 Å². The smallest absolute Gasteiger partial charge is 0.337 e. The molecule has 0 aliphatic carbocycles. The Labute approximate surface area is 133 Å². The molecule has 128 valence electrons. The van der Waals surface area contributed by atoms with Crippen molar-refractivity contribution in [1.82, 2.24) is 20.2 Å². The molecule has 0 bridgehead atoms. The monoisotopic (exact) mass is 330 g/mol. The van der Waals surface area contributed by atoms with E-state index in [9.17, 15) is 18.0 Å². The second kappa shape index (κ2) is 7.25. The maximum absolute atomic E-state index is 12.8. The highest BCUT2D eigenvalue weighted by Crippen LogP contribution is 2.27. The zero-order valence-electron chi connectivity index (χ0n) is 13.3. The van der Waals surface area contributed by atoms with Crippen molar-refractivity contribution in [2.24, 2.45) is 5.92 Å². The number of hydrogen-bond acceptors (Lipinski definition) is 4. The van der Waals surface area contributed by atoms with Crippen LogP contribution in [0.15, 0.2) is 6.07 Å². The van der Waals surface area contributed by atoms with Crippen molar-refractivity contribution in [2.45, 2.75) is 32.4 Å². The van der Waals surface area contributed by atoms with Gasteiger partial charge in [0.2, 0.25) is 5.82 Å². The summed E-state index contributed by atoms with van der Waals surface area (Å²) >= 11 is 0. The number of rotatable bonds is 4. The Hall–Kier alpha value is -1.70. The summed E-state index contributed by atoms with van der Waals surface area (Å²) in [6.07, 6.45) is -1.88. The van der Waals surface area contributed by atoms with Gasteiger partial charge in [-0.15, -0.1) is 0 Å². The first-order valence-electron chi connectivity index (χ1n) is 7.68. The number of nitrogens with one attached hydrogen (secondary N) is 1. The molecule has 23 heavy (non-hydrogen) atoms. The number of halogens is 3. The molecule has 0 spiro atoms. The summed E-state index contributed by atoms with van der Waals surface area (Å²) in [4.78, 5) is 20.8. The fourth-order valence-corrected chi connectivity index (χ4v) is 2.74. The number of carbonyl (C=O) groups is 1. The van der Waals surface area contributed by atoms with Crippen LogP contribution in [0, 0.1) is 12.8 Å². The molecule has 0 aromatic carbocycles. The quantitative estimate of drug-likeness (QED) is 0.920. The van der Waals surface area contributed by atoms with Crippen LogP contribution in [0.25, 0.3) is 0 Å². The molecule has 1 aromatic rings. The Morgan fingerprint density at radius 1 is 1.35 bits per heavy atom. The molecular weight excluding hydrogens is 309 g/mol. The summed E-state index contributed by atoms with van der Waals surface area (Å²) in [5.74, 6) is -1.16. The van der Waals surface area contributed by atoms with E-state index in [-0.39, 0.29) is 11.4 Å². The Kier molecular flexibility index (Phi) is 5.56. The summed E-state index contributed by atoms with van der Waals surface area (Å²) in [6.45, 7) is 3.46. The number of amides is 1. The van der Waals surface area contributed by atoms with Crippen LogP contribution in [-0.4, -0.2) is 47.5 Å². The Morgan fingerprint density at radius 2 is 2.00 bits per heavy atom. The largest absolute Gasteiger partial charge is 0.451 e. The lowest BCUT2D eigenvalue weighted by Gasteiger charge is -2.32. The third kappa shape index (κ3) is 4.63. The summed E-state index contributed by atoms with van der Waals surface area (Å²) < 4.78 is 38.3. The van der Waals surface area contributed by atoms with Gasteiger partial charge in [-0.3, -0.25) is 4.79 Å². The molecule has 0 saturated carbocycles. The van der Waals surface area contributed by atoms with E-state index in [1.54, 1.807) is 4.90 Å². The highest BCUT2D eigenvalue weighted by Gasteiger charge is 2.36. The summed E-state index contributed by atoms with van der Waals surface area (Å²) in [6, 6.07) is 1.31. The zero-order chi connectivity index (χ0) is 17.0. The number of hydrogen-bond donors (Lipinski definition) is 1. The minimum Gasteiger partial charge on any atom is -0.337 e. The third-order valence-electron chi connectivity index (χ3n) is 4.03. The number of aromatic nitrogens is 2. The van der Waals surface area contributed by atoms with Gasteiger partial charge in [0.05, 0.1) is 0 Å². The molecule has 1 amide bonds. The third-order valence-corrected chi connectivity index (χ3v) is 4.03. The van der Waals surface area contributed by atoms with Crippen molar-refractivity contribution in [3.63, 3.8) is 0 Å². The van der Waals surface area contributed by atoms with Crippen LogP contribution < -0.4 is 5.32 Å². The van der Waals surface area contributed by atoms with Gasteiger partial charge >= 0.3 is 6.18 Å². The van der Waals surface area contributed by atoms with Gasteiger partial charge in [0.1, 0.15) is 5.69 Å². The van der Waals surface area contributed by atoms with Gasteiger partial charge < -0.3 is 10.2 Å². The molecule has 1 fully saturated rings. The first-order valence-corrected chi connectivity index (χ1v) is 7.68. The highest BCUT2D eigenvalue weighted by atomic mass is 19.4. The van der Waals surface area contributed by atoms with Crippen LogP contribution in [0.2, 0.25) is 0 Å². The average Bonchev–Trinajstić information content (AvgIpc) is 2.51. The van der Waals surface area contributed by atoms with Crippen molar-refractivity contribution >= 4 is 5.91 Å². The van der Waals surface area contributed by atoms with Gasteiger partial charge in [0.15, 0.2) is 0 Å². The number of alkyl halides is 3. The second-order valence-electron chi connectivity index (χ2n) is 5.84. The number of nitrogens with zero attached hydrogens (tertiary/aromatic N) is 3. The van der Waals surface area contributed by atoms with E-state index in [1.165, 1.54) is 13.0 Å². The van der Waals surface area contributed by atoms with Crippen molar-refractivity contribution in [3.05, 3.63) is 23.3 Å². The number of aryl methyl sites for hydroxylation is 1. The highest BCUT2D eigenvalue weighted by molar-refractivity contribution is 5.92. The number of piperidine rings is 1. The lowest BCUT2D eigenvalue weighted by molar-refractivity contribution is -0.145. The molecule has 0 atom stereocenters. The van der Waals surface area contributed by atoms with Crippen molar-refractivity contribution in [1.29, 1.82) is 0 Å². The first kappa shape index (κ1) is 17.7. The molecule has 2 heterocycles. The molecule has 2 rings (SSSR count). The van der Waals surface area contributed by atoms with Gasteiger partial charge in [-0.1, -0.05) is 0 Å². The van der Waals surface area contributed by atoms with Crippen LogP contribution in [0.3, 0.4) is 0 Å². The topological polar surface area (TPSA) is 58.1 Å². The average molecular weight is 330 g/mol. The molecule has 0 radical (unpaired) electrons. The van der Waals surface area contributed by atoms with E-state index < -0.39 is 17.9 Å². The molecule has 0 unspecified atom stereocenters. The van der Waals surface area contributed by atoms with Crippen LogP contribution in [-0.2, 0) is 6.18 Å². The fraction of sp³-hybridized carbons (Fsp3) is 0.667. The van der Waals surface area contributed by atoms with Crippen LogP contribution in [0.4, 0.5) is 13.2 Å². The van der Waals surface area contributed by atoms with E-state index in [0.29, 0.717) is 19.0 Å². The lowest BCUT2D eigenvalue weighted by atomic mass is 9.93. The van der Waals surface area contributed by atoms with Gasteiger partial charge in [-0.25, -0.2) is 9.97 Å². The maximum atomic E-state index is 12.8. The number of likely N-dealkylation sites (tertiary alicyclic amines) is 1. The zero-order valence-corrected chi connectivity index (χ0v) is 13.3. The summed E-state index contributed by atoms with van der Waals surface area (Å²) in [5.41, 5.74) is -0.0434. The van der Waals surface area contributed by atoms with Gasteiger partial charge in [0.25, 0.3) is 5.91 Å². The number of carbonyl (C=O) groups excluding carboxylic acids is 1. The predicted molar refractivity (Wildman–Crippen MR) is 78.9 cm³/mol. The minimum atomic E-state index is -4.65. The Bertz CT molecular complexity index is 554. The van der Waals surface area contributed by atoms with Crippen LogP contribution in [0.1, 0.15) is 41.3 Å². The lowest BCUT2D eigenvalue weighted by Crippen LogP contribution is -2.39. The van der Waals surface area contributed by atoms with E-state index in [0.717, 1.165) is 25.8 Å². The SMILES string of the molecule is CNCCC1CCN(C(=O)c2cc(C)nc(C(F)(F)F)n2)CC1. The molecule has 1 saturated heterocycles. The van der Waals surface area contributed by atoms with E-state index >= 15 is 0 Å². The van der Waals surface area contributed by atoms with E-state index in [4.69, 9.17) is 0 Å². The van der Waals surface area contributed by atoms with Crippen molar-refractivity contribution in [3.8, 4) is 0 Å². The Morgan fingerprint density at radius 3 is 2.57 bits per heavy atom. The molecule has 1 N–H and O–H groups in total. The maximum Gasteiger partial charge on any atom is 0.451 e. The molecule has 1 aromatic heterocycles.